The lowest BCUT2D eigenvalue weighted by molar-refractivity contribution is 0.0682. The number of ether oxygens (including phenoxy) is 1. The zero-order valence-electron chi connectivity index (χ0n) is 10.5. The van der Waals surface area contributed by atoms with E-state index in [-0.39, 0.29) is 0 Å². The lowest BCUT2D eigenvalue weighted by Gasteiger charge is -2.29. The van der Waals surface area contributed by atoms with Gasteiger partial charge in [0.05, 0.1) is 16.8 Å². The monoisotopic (exact) mass is 253 g/mol. The minimum Gasteiger partial charge on any atom is -0.381 e. The summed E-state index contributed by atoms with van der Waals surface area (Å²) in [5.74, 6) is 0. The van der Waals surface area contributed by atoms with Crippen molar-refractivity contribution in [1.29, 1.82) is 0 Å². The molecule has 17 heavy (non-hydrogen) atoms. The van der Waals surface area contributed by atoms with Crippen molar-refractivity contribution in [3.63, 3.8) is 0 Å². The molecule has 94 valence electrons. The van der Waals surface area contributed by atoms with Crippen molar-refractivity contribution in [3.05, 3.63) is 28.8 Å². The number of benzene rings is 1. The molecule has 0 radical (unpaired) electrons. The van der Waals surface area contributed by atoms with Gasteiger partial charge in [0.15, 0.2) is 0 Å². The van der Waals surface area contributed by atoms with Crippen LogP contribution < -0.4 is 5.32 Å². The van der Waals surface area contributed by atoms with Crippen molar-refractivity contribution < 1.29 is 4.74 Å². The highest BCUT2D eigenvalue weighted by Crippen LogP contribution is 2.29. The molecule has 0 heterocycles. The Morgan fingerprint density at radius 1 is 1.24 bits per heavy atom. The molecule has 3 heteroatoms. The average Bonchev–Trinajstić information content (AvgIpc) is 2.35. The summed E-state index contributed by atoms with van der Waals surface area (Å²) in [4.78, 5) is 0. The number of hydrogen-bond donors (Lipinski definition) is 1. The summed E-state index contributed by atoms with van der Waals surface area (Å²) in [6.07, 6.45) is 5.03. The third-order valence-corrected chi connectivity index (χ3v) is 3.89. The number of anilines is 1. The predicted octanol–water partition coefficient (Wildman–Crippen LogP) is 4.02. The van der Waals surface area contributed by atoms with Crippen molar-refractivity contribution in [3.8, 4) is 0 Å². The first-order valence-electron chi connectivity index (χ1n) is 6.25. The molecule has 0 unspecified atom stereocenters. The predicted molar refractivity (Wildman–Crippen MR) is 72.9 cm³/mol. The zero-order valence-corrected chi connectivity index (χ0v) is 11.3. The molecule has 0 saturated heterocycles. The maximum atomic E-state index is 6.22. The second-order valence-electron chi connectivity index (χ2n) is 4.79. The van der Waals surface area contributed by atoms with Crippen LogP contribution in [0.3, 0.4) is 0 Å². The first-order valence-corrected chi connectivity index (χ1v) is 6.63. The first kappa shape index (κ1) is 12.7. The van der Waals surface area contributed by atoms with Gasteiger partial charge in [0, 0.05) is 13.2 Å². The van der Waals surface area contributed by atoms with E-state index in [1.807, 2.05) is 12.1 Å². The van der Waals surface area contributed by atoms with Crippen molar-refractivity contribution in [2.24, 2.45) is 0 Å². The number of aryl methyl sites for hydroxylation is 1. The van der Waals surface area contributed by atoms with Gasteiger partial charge in [0.2, 0.25) is 0 Å². The molecule has 0 bridgehead atoms. The Bertz CT molecular complexity index is 352. The van der Waals surface area contributed by atoms with Crippen LogP contribution in [0.5, 0.6) is 0 Å². The Kier molecular flexibility index (Phi) is 4.30. The normalized spacial score (nSPS) is 24.6. The Balaban J connectivity index is 1.98. The molecule has 0 spiro atoms. The van der Waals surface area contributed by atoms with E-state index in [0.29, 0.717) is 12.1 Å². The molecule has 1 aromatic carbocycles. The van der Waals surface area contributed by atoms with Crippen LogP contribution in [0, 0.1) is 6.92 Å². The summed E-state index contributed by atoms with van der Waals surface area (Å²) in [5.41, 5.74) is 2.31. The van der Waals surface area contributed by atoms with Gasteiger partial charge in [0.1, 0.15) is 0 Å². The minimum atomic E-state index is 0.445. The van der Waals surface area contributed by atoms with Gasteiger partial charge in [-0.25, -0.2) is 0 Å². The van der Waals surface area contributed by atoms with Gasteiger partial charge in [-0.1, -0.05) is 23.7 Å². The molecule has 1 N–H and O–H groups in total. The number of para-hydroxylation sites is 1. The fraction of sp³-hybridized carbons (Fsp3) is 0.571. The van der Waals surface area contributed by atoms with Crippen LogP contribution in [-0.4, -0.2) is 19.3 Å². The highest BCUT2D eigenvalue weighted by molar-refractivity contribution is 6.33. The molecule has 1 saturated carbocycles. The molecule has 1 aliphatic rings. The van der Waals surface area contributed by atoms with Crippen LogP contribution in [0.15, 0.2) is 18.2 Å². The highest BCUT2D eigenvalue weighted by atomic mass is 35.5. The third-order valence-electron chi connectivity index (χ3n) is 3.58. The van der Waals surface area contributed by atoms with E-state index >= 15 is 0 Å². The quantitative estimate of drug-likeness (QED) is 0.879. The smallest absolute Gasteiger partial charge is 0.0640 e. The number of nitrogens with one attached hydrogen (secondary N) is 1. The topological polar surface area (TPSA) is 21.3 Å². The molecular formula is C14H20ClNO. The molecule has 0 aromatic heterocycles. The Morgan fingerprint density at radius 3 is 2.53 bits per heavy atom. The van der Waals surface area contributed by atoms with Crippen molar-refractivity contribution in [2.75, 3.05) is 12.4 Å². The molecule has 1 aliphatic carbocycles. The number of hydrogen-bond acceptors (Lipinski definition) is 2. The molecule has 1 aromatic rings. The standard InChI is InChI=1S/C14H20ClNO/c1-10-4-3-5-13(15)14(10)16-11-6-8-12(17-2)9-7-11/h3-5,11-12,16H,6-9H2,1-2H3. The van der Waals surface area contributed by atoms with E-state index in [2.05, 4.69) is 18.3 Å². The van der Waals surface area contributed by atoms with Crippen LogP contribution in [0.2, 0.25) is 5.02 Å². The summed E-state index contributed by atoms with van der Waals surface area (Å²) in [6, 6.07) is 6.55. The van der Waals surface area contributed by atoms with E-state index < -0.39 is 0 Å². The van der Waals surface area contributed by atoms with Crippen LogP contribution >= 0.6 is 11.6 Å². The van der Waals surface area contributed by atoms with Crippen LogP contribution in [0.25, 0.3) is 0 Å². The number of methoxy groups -OCH3 is 1. The van der Waals surface area contributed by atoms with Crippen LogP contribution in [0.4, 0.5) is 5.69 Å². The van der Waals surface area contributed by atoms with Gasteiger partial charge in [-0.15, -0.1) is 0 Å². The van der Waals surface area contributed by atoms with Gasteiger partial charge in [0.25, 0.3) is 0 Å². The highest BCUT2D eigenvalue weighted by Gasteiger charge is 2.21. The maximum Gasteiger partial charge on any atom is 0.0640 e. The molecule has 2 rings (SSSR count). The van der Waals surface area contributed by atoms with Crippen LogP contribution in [0.1, 0.15) is 31.2 Å². The summed E-state index contributed by atoms with van der Waals surface area (Å²) >= 11 is 6.22. The lowest BCUT2D eigenvalue weighted by atomic mass is 9.92. The fourth-order valence-corrected chi connectivity index (χ4v) is 2.74. The van der Waals surface area contributed by atoms with Gasteiger partial charge in [-0.2, -0.15) is 0 Å². The summed E-state index contributed by atoms with van der Waals surface area (Å²) in [5, 5.41) is 4.39. The first-order chi connectivity index (χ1) is 8.20. The van der Waals surface area contributed by atoms with E-state index in [0.717, 1.165) is 36.4 Å². The molecule has 0 aliphatic heterocycles. The van der Waals surface area contributed by atoms with E-state index in [1.54, 1.807) is 7.11 Å². The lowest BCUT2D eigenvalue weighted by Crippen LogP contribution is -2.29. The molecule has 2 nitrogen and oxygen atoms in total. The van der Waals surface area contributed by atoms with Crippen molar-refractivity contribution in [2.45, 2.75) is 44.8 Å². The van der Waals surface area contributed by atoms with Crippen molar-refractivity contribution >= 4 is 17.3 Å². The molecule has 0 atom stereocenters. The zero-order chi connectivity index (χ0) is 12.3. The second kappa shape index (κ2) is 5.74. The molecular weight excluding hydrogens is 234 g/mol. The SMILES string of the molecule is COC1CCC(Nc2c(C)cccc2Cl)CC1. The van der Waals surface area contributed by atoms with Crippen molar-refractivity contribution in [1.82, 2.24) is 0 Å². The Morgan fingerprint density at radius 2 is 1.94 bits per heavy atom. The second-order valence-corrected chi connectivity index (χ2v) is 5.19. The minimum absolute atomic E-state index is 0.445. The number of rotatable bonds is 3. The van der Waals surface area contributed by atoms with E-state index in [4.69, 9.17) is 16.3 Å². The van der Waals surface area contributed by atoms with Gasteiger partial charge in [-0.05, 0) is 44.2 Å². The van der Waals surface area contributed by atoms with Gasteiger partial charge >= 0.3 is 0 Å². The third kappa shape index (κ3) is 3.14. The fourth-order valence-electron chi connectivity index (χ4n) is 2.46. The summed E-state index contributed by atoms with van der Waals surface area (Å²) < 4.78 is 5.38. The van der Waals surface area contributed by atoms with Crippen LogP contribution in [-0.2, 0) is 4.74 Å². The van der Waals surface area contributed by atoms with Gasteiger partial charge < -0.3 is 10.1 Å². The summed E-state index contributed by atoms with van der Waals surface area (Å²) in [7, 11) is 1.80. The molecule has 0 amide bonds. The number of halogens is 1. The Hall–Kier alpha value is -0.730. The largest absolute Gasteiger partial charge is 0.381 e. The van der Waals surface area contributed by atoms with E-state index in [1.165, 1.54) is 5.56 Å². The summed E-state index contributed by atoms with van der Waals surface area (Å²) in [6.45, 7) is 2.09. The maximum absolute atomic E-state index is 6.22. The average molecular weight is 254 g/mol. The van der Waals surface area contributed by atoms with E-state index in [9.17, 15) is 0 Å². The molecule has 1 fully saturated rings. The van der Waals surface area contributed by atoms with Gasteiger partial charge in [-0.3, -0.25) is 0 Å². The Labute approximate surface area is 108 Å².